The third kappa shape index (κ3) is 3.58. The van der Waals surface area contributed by atoms with Gasteiger partial charge in [0.1, 0.15) is 11.2 Å². The molecule has 200 valence electrons. The molecule has 0 spiro atoms. The van der Waals surface area contributed by atoms with Crippen molar-refractivity contribution in [1.29, 1.82) is 0 Å². The third-order valence-corrected chi connectivity index (χ3v) is 8.56. The second kappa shape index (κ2) is 9.44. The van der Waals surface area contributed by atoms with Gasteiger partial charge in [-0.2, -0.15) is 0 Å². The highest BCUT2D eigenvalue weighted by molar-refractivity contribution is 6.27. The van der Waals surface area contributed by atoms with Crippen molar-refractivity contribution in [2.45, 2.75) is 0 Å². The second-order valence-corrected chi connectivity index (χ2v) is 10.8. The van der Waals surface area contributed by atoms with Gasteiger partial charge in [0.2, 0.25) is 0 Å². The smallest absolute Gasteiger partial charge is 0.143 e. The predicted molar refractivity (Wildman–Crippen MR) is 183 cm³/mol. The van der Waals surface area contributed by atoms with E-state index in [4.69, 9.17) is 11.3 Å². The van der Waals surface area contributed by atoms with Crippen LogP contribution in [0.25, 0.3) is 87.6 Å². The Morgan fingerprint density at radius 2 is 0.953 bits per heavy atom. The maximum Gasteiger partial charge on any atom is 0.143 e. The van der Waals surface area contributed by atoms with E-state index in [1.807, 2.05) is 36.4 Å². The van der Waals surface area contributed by atoms with Gasteiger partial charge in [-0.15, -0.1) is 0 Å². The van der Waals surface area contributed by atoms with E-state index >= 15 is 0 Å². The minimum Gasteiger partial charge on any atom is -0.455 e. The largest absolute Gasteiger partial charge is 0.455 e. The van der Waals surface area contributed by atoms with Crippen LogP contribution >= 0.6 is 0 Å². The standard InChI is InChI=1S/C42H26O/c1-2-13-28(14-3-1)30-25-26-37(41-36-22-10-11-24-38(36)43-42(30)41)40-34-20-8-6-18-32(34)39(33-19-7-9-21-35(33)40)31-23-12-16-27-15-4-5-17-29(27)31/h1-26H/i1D,2D,3D,13D,14D. The first-order valence-corrected chi connectivity index (χ1v) is 14.4. The molecule has 0 unspecified atom stereocenters. The summed E-state index contributed by atoms with van der Waals surface area (Å²) in [6.45, 7) is 0. The van der Waals surface area contributed by atoms with E-state index in [1.165, 1.54) is 21.9 Å². The summed E-state index contributed by atoms with van der Waals surface area (Å²) in [5.41, 5.74) is 6.07. The van der Waals surface area contributed by atoms with Crippen LogP contribution in [0, 0.1) is 0 Å². The molecule has 43 heavy (non-hydrogen) atoms. The van der Waals surface area contributed by atoms with Crippen molar-refractivity contribution in [1.82, 2.24) is 0 Å². The molecule has 0 saturated carbocycles. The lowest BCUT2D eigenvalue weighted by Crippen LogP contribution is -1.92. The zero-order chi connectivity index (χ0) is 32.7. The molecule has 0 atom stereocenters. The molecular weight excluding hydrogens is 520 g/mol. The van der Waals surface area contributed by atoms with Crippen molar-refractivity contribution in [2.75, 3.05) is 0 Å². The van der Waals surface area contributed by atoms with Crippen molar-refractivity contribution in [3.05, 3.63) is 158 Å². The lowest BCUT2D eigenvalue weighted by Gasteiger charge is -2.19. The highest BCUT2D eigenvalue weighted by Gasteiger charge is 2.22. The maximum atomic E-state index is 8.76. The first-order valence-electron chi connectivity index (χ1n) is 16.9. The summed E-state index contributed by atoms with van der Waals surface area (Å²) in [5.74, 6) is 0. The summed E-state index contributed by atoms with van der Waals surface area (Å²) in [6, 6.07) is 42.0. The summed E-state index contributed by atoms with van der Waals surface area (Å²) >= 11 is 0. The fourth-order valence-electron chi connectivity index (χ4n) is 6.77. The molecule has 1 aromatic heterocycles. The van der Waals surface area contributed by atoms with Crippen molar-refractivity contribution < 1.29 is 11.3 Å². The maximum absolute atomic E-state index is 8.76. The Balaban J connectivity index is 1.45. The molecule has 0 aliphatic carbocycles. The molecule has 1 nitrogen and oxygen atoms in total. The van der Waals surface area contributed by atoms with Crippen LogP contribution in [0.3, 0.4) is 0 Å². The summed E-state index contributed by atoms with van der Waals surface area (Å²) in [7, 11) is 0. The Morgan fingerprint density at radius 3 is 1.65 bits per heavy atom. The average molecular weight is 552 g/mol. The fourth-order valence-corrected chi connectivity index (χ4v) is 6.77. The second-order valence-electron chi connectivity index (χ2n) is 10.8. The molecule has 9 aromatic rings. The molecule has 0 amide bonds. The van der Waals surface area contributed by atoms with Gasteiger partial charge < -0.3 is 4.42 Å². The van der Waals surface area contributed by atoms with Crippen LogP contribution in [0.2, 0.25) is 0 Å². The molecule has 0 N–H and O–H groups in total. The number of rotatable bonds is 3. The monoisotopic (exact) mass is 551 g/mol. The van der Waals surface area contributed by atoms with Crippen LogP contribution in [0.1, 0.15) is 6.85 Å². The van der Waals surface area contributed by atoms with Gasteiger partial charge in [-0.3, -0.25) is 0 Å². The van der Waals surface area contributed by atoms with Crippen molar-refractivity contribution in [3.63, 3.8) is 0 Å². The minimum absolute atomic E-state index is 0.123. The number of furan rings is 1. The Bertz CT molecular complexity index is 2700. The Morgan fingerprint density at radius 1 is 0.419 bits per heavy atom. The van der Waals surface area contributed by atoms with Crippen LogP contribution in [0.15, 0.2) is 162 Å². The molecule has 8 aromatic carbocycles. The SMILES string of the molecule is [2H]c1c([2H])c([2H])c(-c2ccc(-c3c4ccccc4c(-c4cccc5ccccc45)c4ccccc34)c3c2oc2ccccc23)c([2H])c1[2H]. The number of fused-ring (bicyclic) bond motifs is 6. The molecule has 1 heteroatoms. The van der Waals surface area contributed by atoms with E-state index in [0.717, 1.165) is 43.4 Å². The van der Waals surface area contributed by atoms with Crippen molar-refractivity contribution >= 4 is 54.3 Å². The minimum atomic E-state index is -0.421. The quantitative estimate of drug-likeness (QED) is 0.199. The topological polar surface area (TPSA) is 13.1 Å². The molecule has 0 radical (unpaired) electrons. The van der Waals surface area contributed by atoms with Crippen LogP contribution in [0.4, 0.5) is 0 Å². The average Bonchev–Trinajstić information content (AvgIpc) is 3.52. The van der Waals surface area contributed by atoms with Crippen molar-refractivity contribution in [2.24, 2.45) is 0 Å². The lowest BCUT2D eigenvalue weighted by atomic mass is 9.83. The molecule has 0 aliphatic heterocycles. The van der Waals surface area contributed by atoms with E-state index in [0.29, 0.717) is 16.7 Å². The molecule has 0 saturated heterocycles. The molecular formula is C42H26O. The van der Waals surface area contributed by atoms with E-state index in [2.05, 4.69) is 91.0 Å². The van der Waals surface area contributed by atoms with Gasteiger partial charge in [-0.1, -0.05) is 145 Å². The van der Waals surface area contributed by atoms with Gasteiger partial charge in [0.15, 0.2) is 0 Å². The van der Waals surface area contributed by atoms with Gasteiger partial charge in [0, 0.05) is 16.3 Å². The number of benzene rings is 8. The first kappa shape index (κ1) is 19.5. The number of hydrogen-bond donors (Lipinski definition) is 0. The van der Waals surface area contributed by atoms with Gasteiger partial charge in [-0.25, -0.2) is 0 Å². The van der Waals surface area contributed by atoms with Gasteiger partial charge in [0.05, 0.1) is 6.85 Å². The molecule has 0 aliphatic rings. The van der Waals surface area contributed by atoms with E-state index in [1.54, 1.807) is 0 Å². The molecule has 0 fully saturated rings. The van der Waals surface area contributed by atoms with Gasteiger partial charge in [-0.05, 0) is 72.3 Å². The molecule has 1 heterocycles. The van der Waals surface area contributed by atoms with Crippen LogP contribution in [-0.2, 0) is 0 Å². The number of para-hydroxylation sites is 1. The fraction of sp³-hybridized carbons (Fsp3) is 0. The van der Waals surface area contributed by atoms with Crippen molar-refractivity contribution in [3.8, 4) is 33.4 Å². The normalized spacial score (nSPS) is 13.3. The zero-order valence-corrected chi connectivity index (χ0v) is 23.0. The van der Waals surface area contributed by atoms with Gasteiger partial charge in [0.25, 0.3) is 0 Å². The Kier molecular flexibility index (Phi) is 4.27. The van der Waals surface area contributed by atoms with Gasteiger partial charge >= 0.3 is 0 Å². The highest BCUT2D eigenvalue weighted by atomic mass is 16.3. The predicted octanol–water partition coefficient (Wildman–Crippen LogP) is 12.0. The summed E-state index contributed by atoms with van der Waals surface area (Å²) < 4.78 is 49.0. The summed E-state index contributed by atoms with van der Waals surface area (Å²) in [6.07, 6.45) is 0. The van der Waals surface area contributed by atoms with E-state index in [-0.39, 0.29) is 29.7 Å². The lowest BCUT2D eigenvalue weighted by molar-refractivity contribution is 0.670. The summed E-state index contributed by atoms with van der Waals surface area (Å²) in [4.78, 5) is 0. The van der Waals surface area contributed by atoms with E-state index in [9.17, 15) is 0 Å². The number of hydrogen-bond acceptors (Lipinski definition) is 1. The third-order valence-electron chi connectivity index (χ3n) is 8.56. The van der Waals surface area contributed by atoms with Crippen LogP contribution < -0.4 is 0 Å². The first-order chi connectivity index (χ1) is 23.4. The zero-order valence-electron chi connectivity index (χ0n) is 28.0. The Labute approximate surface area is 256 Å². The molecule has 0 bridgehead atoms. The highest BCUT2D eigenvalue weighted by Crippen LogP contribution is 2.49. The van der Waals surface area contributed by atoms with Crippen LogP contribution in [-0.4, -0.2) is 0 Å². The Hall–Kier alpha value is -5.66. The van der Waals surface area contributed by atoms with E-state index < -0.39 is 6.04 Å². The summed E-state index contributed by atoms with van der Waals surface area (Å²) in [5, 5.41) is 8.52. The van der Waals surface area contributed by atoms with Crippen LogP contribution in [0.5, 0.6) is 0 Å². The molecule has 9 rings (SSSR count).